The number of fused-ring (bicyclic) bond motifs is 1. The van der Waals surface area contributed by atoms with Crippen molar-refractivity contribution in [3.63, 3.8) is 0 Å². The fourth-order valence-corrected chi connectivity index (χ4v) is 5.55. The maximum absolute atomic E-state index is 13.5. The normalized spacial score (nSPS) is 11.2. The van der Waals surface area contributed by atoms with Gasteiger partial charge in [0.2, 0.25) is 5.91 Å². The highest BCUT2D eigenvalue weighted by molar-refractivity contribution is 7.99. The summed E-state index contributed by atoms with van der Waals surface area (Å²) in [7, 11) is 0. The van der Waals surface area contributed by atoms with Gasteiger partial charge in [0.25, 0.3) is 0 Å². The number of anilines is 1. The zero-order valence-corrected chi connectivity index (χ0v) is 21.7. The highest BCUT2D eigenvalue weighted by Crippen LogP contribution is 2.34. The Morgan fingerprint density at radius 2 is 1.94 bits per heavy atom. The van der Waals surface area contributed by atoms with Crippen molar-refractivity contribution in [1.82, 2.24) is 14.8 Å². The molecule has 0 aliphatic heterocycles. The molecular weight excluding hydrogens is 464 g/mol. The standard InChI is InChI=1S/C26H30N4O2S2/c1-5-32-22-8-7-9-23-25(22)27-26(34-23)29(14-15-30-19(4)16-18(3)28-30)24(31)17-20-10-12-21(13-11-20)33-6-2/h7-13,16H,5-6,14-15,17H2,1-4H3. The van der Waals surface area contributed by atoms with Gasteiger partial charge in [0.1, 0.15) is 11.3 Å². The molecule has 0 radical (unpaired) electrons. The second-order valence-corrected chi connectivity index (χ2v) is 10.3. The lowest BCUT2D eigenvalue weighted by Crippen LogP contribution is -2.35. The van der Waals surface area contributed by atoms with Gasteiger partial charge in [-0.15, -0.1) is 11.8 Å². The summed E-state index contributed by atoms with van der Waals surface area (Å²) in [5.41, 5.74) is 3.85. The van der Waals surface area contributed by atoms with Crippen LogP contribution in [0.1, 0.15) is 30.8 Å². The summed E-state index contributed by atoms with van der Waals surface area (Å²) < 4.78 is 8.73. The summed E-state index contributed by atoms with van der Waals surface area (Å²) in [4.78, 5) is 21.4. The molecule has 4 rings (SSSR count). The number of aryl methyl sites for hydroxylation is 2. The molecule has 0 unspecified atom stereocenters. The molecule has 0 aliphatic rings. The lowest BCUT2D eigenvalue weighted by molar-refractivity contribution is -0.118. The van der Waals surface area contributed by atoms with E-state index in [0.29, 0.717) is 31.2 Å². The minimum Gasteiger partial charge on any atom is -0.492 e. The van der Waals surface area contributed by atoms with Crippen LogP contribution < -0.4 is 9.64 Å². The van der Waals surface area contributed by atoms with Crippen LogP contribution in [0.3, 0.4) is 0 Å². The zero-order chi connectivity index (χ0) is 24.1. The molecule has 0 atom stereocenters. The minimum atomic E-state index is 0.0226. The summed E-state index contributed by atoms with van der Waals surface area (Å²) in [6.45, 7) is 9.78. The Bertz CT molecular complexity index is 1260. The van der Waals surface area contributed by atoms with Gasteiger partial charge in [-0.05, 0) is 62.4 Å². The smallest absolute Gasteiger partial charge is 0.233 e. The molecule has 0 saturated heterocycles. The topological polar surface area (TPSA) is 60.2 Å². The number of benzene rings is 2. The maximum Gasteiger partial charge on any atom is 0.233 e. The van der Waals surface area contributed by atoms with Crippen molar-refractivity contribution in [3.8, 4) is 5.75 Å². The molecule has 0 N–H and O–H groups in total. The van der Waals surface area contributed by atoms with Crippen molar-refractivity contribution in [3.05, 3.63) is 65.5 Å². The SMILES string of the molecule is CCOc1cccc2sc(N(CCn3nc(C)cc3C)C(=O)Cc3ccc(SCC)cc3)nc12. The number of aromatic nitrogens is 3. The van der Waals surface area contributed by atoms with E-state index in [1.807, 2.05) is 61.9 Å². The molecule has 8 heteroatoms. The molecule has 6 nitrogen and oxygen atoms in total. The first-order valence-corrected chi connectivity index (χ1v) is 13.3. The number of hydrogen-bond donors (Lipinski definition) is 0. The number of rotatable bonds is 10. The van der Waals surface area contributed by atoms with Gasteiger partial charge >= 0.3 is 0 Å². The Balaban J connectivity index is 1.62. The molecule has 0 saturated carbocycles. The lowest BCUT2D eigenvalue weighted by Gasteiger charge is -2.20. The van der Waals surface area contributed by atoms with Crippen molar-refractivity contribution in [2.45, 2.75) is 45.6 Å². The number of thiazole rings is 1. The third-order valence-electron chi connectivity index (χ3n) is 5.43. The van der Waals surface area contributed by atoms with Gasteiger partial charge in [-0.25, -0.2) is 4.98 Å². The summed E-state index contributed by atoms with van der Waals surface area (Å²) >= 11 is 3.32. The van der Waals surface area contributed by atoms with Gasteiger partial charge in [-0.3, -0.25) is 14.4 Å². The van der Waals surface area contributed by atoms with Gasteiger partial charge in [-0.2, -0.15) is 5.10 Å². The number of nitrogens with zero attached hydrogens (tertiary/aromatic N) is 4. The molecule has 178 valence electrons. The number of hydrogen-bond acceptors (Lipinski definition) is 6. The van der Waals surface area contributed by atoms with Crippen LogP contribution in [0.15, 0.2) is 53.4 Å². The van der Waals surface area contributed by atoms with E-state index in [9.17, 15) is 4.79 Å². The first kappa shape index (κ1) is 24.3. The van der Waals surface area contributed by atoms with E-state index >= 15 is 0 Å². The van der Waals surface area contributed by atoms with Gasteiger partial charge in [-0.1, -0.05) is 36.5 Å². The van der Waals surface area contributed by atoms with Gasteiger partial charge < -0.3 is 4.74 Å². The van der Waals surface area contributed by atoms with Crippen LogP contribution in [-0.4, -0.2) is 39.6 Å². The van der Waals surface area contributed by atoms with E-state index in [4.69, 9.17) is 9.72 Å². The summed E-state index contributed by atoms with van der Waals surface area (Å²) in [6, 6.07) is 16.2. The Kier molecular flexibility index (Phi) is 7.90. The molecule has 1 amide bonds. The fraction of sp³-hybridized carbons (Fsp3) is 0.346. The largest absolute Gasteiger partial charge is 0.492 e. The Hall–Kier alpha value is -2.84. The first-order valence-electron chi connectivity index (χ1n) is 11.5. The summed E-state index contributed by atoms with van der Waals surface area (Å²) in [5.74, 6) is 1.80. The number of carbonyl (C=O) groups excluding carboxylic acids is 1. The molecule has 2 aromatic heterocycles. The Morgan fingerprint density at radius 1 is 1.15 bits per heavy atom. The number of para-hydroxylation sites is 1. The highest BCUT2D eigenvalue weighted by atomic mass is 32.2. The van der Waals surface area contributed by atoms with Crippen LogP contribution in [0.2, 0.25) is 0 Å². The molecule has 0 aliphatic carbocycles. The van der Waals surface area contributed by atoms with Crippen LogP contribution in [0.25, 0.3) is 10.2 Å². The molecule has 34 heavy (non-hydrogen) atoms. The minimum absolute atomic E-state index is 0.0226. The van der Waals surface area contributed by atoms with E-state index in [1.54, 1.807) is 16.7 Å². The Morgan fingerprint density at radius 3 is 2.62 bits per heavy atom. The number of thioether (sulfide) groups is 1. The predicted molar refractivity (Wildman–Crippen MR) is 141 cm³/mol. The first-order chi connectivity index (χ1) is 16.5. The molecule has 2 heterocycles. The van der Waals surface area contributed by atoms with Crippen LogP contribution in [0, 0.1) is 13.8 Å². The van der Waals surface area contributed by atoms with Crippen LogP contribution in [0.4, 0.5) is 5.13 Å². The summed E-state index contributed by atoms with van der Waals surface area (Å²) in [5, 5.41) is 5.25. The second-order valence-electron chi connectivity index (χ2n) is 7.98. The monoisotopic (exact) mass is 494 g/mol. The molecule has 0 bridgehead atoms. The average molecular weight is 495 g/mol. The molecule has 4 aromatic rings. The summed E-state index contributed by atoms with van der Waals surface area (Å²) in [6.07, 6.45) is 0.322. The number of amides is 1. The molecular formula is C26H30N4O2S2. The third-order valence-corrected chi connectivity index (χ3v) is 7.37. The molecule has 0 fully saturated rings. The van der Waals surface area contributed by atoms with E-state index < -0.39 is 0 Å². The second kappa shape index (κ2) is 11.1. The predicted octanol–water partition coefficient (Wildman–Crippen LogP) is 5.90. The van der Waals surface area contributed by atoms with E-state index in [1.165, 1.54) is 16.2 Å². The van der Waals surface area contributed by atoms with Gasteiger partial charge in [0.15, 0.2) is 5.13 Å². The third kappa shape index (κ3) is 5.62. The van der Waals surface area contributed by atoms with Crippen molar-refractivity contribution in [1.29, 1.82) is 0 Å². The van der Waals surface area contributed by atoms with Gasteiger partial charge in [0.05, 0.1) is 30.0 Å². The van der Waals surface area contributed by atoms with Crippen molar-refractivity contribution < 1.29 is 9.53 Å². The van der Waals surface area contributed by atoms with Gasteiger partial charge in [0, 0.05) is 17.1 Å². The Labute approximate surface area is 209 Å². The molecule has 2 aromatic carbocycles. The fourth-order valence-electron chi connectivity index (χ4n) is 3.86. The quantitative estimate of drug-likeness (QED) is 0.257. The van der Waals surface area contributed by atoms with E-state index in [-0.39, 0.29) is 5.91 Å². The van der Waals surface area contributed by atoms with Crippen LogP contribution >= 0.6 is 23.1 Å². The maximum atomic E-state index is 13.5. The highest BCUT2D eigenvalue weighted by Gasteiger charge is 2.22. The van der Waals surface area contributed by atoms with Crippen molar-refractivity contribution in [2.24, 2.45) is 0 Å². The van der Waals surface area contributed by atoms with E-state index in [0.717, 1.165) is 38.7 Å². The molecule has 0 spiro atoms. The zero-order valence-electron chi connectivity index (χ0n) is 20.1. The van der Waals surface area contributed by atoms with Crippen molar-refractivity contribution in [2.75, 3.05) is 23.8 Å². The van der Waals surface area contributed by atoms with Crippen LogP contribution in [0.5, 0.6) is 5.75 Å². The van der Waals surface area contributed by atoms with Crippen LogP contribution in [-0.2, 0) is 17.8 Å². The lowest BCUT2D eigenvalue weighted by atomic mass is 10.1. The van der Waals surface area contributed by atoms with Crippen molar-refractivity contribution >= 4 is 44.4 Å². The average Bonchev–Trinajstić information content (AvgIpc) is 3.38. The number of ether oxygens (including phenoxy) is 1. The van der Waals surface area contributed by atoms with E-state index in [2.05, 4.69) is 24.2 Å². The number of carbonyl (C=O) groups is 1.